The summed E-state index contributed by atoms with van der Waals surface area (Å²) in [5.41, 5.74) is 0. The number of hydrogen-bond donors (Lipinski definition) is 0. The molecule has 1 unspecified atom stereocenters. The minimum Gasteiger partial charge on any atom is -0.298 e. The topological polar surface area (TPSA) is 51.2 Å². The summed E-state index contributed by atoms with van der Waals surface area (Å²) < 4.78 is 21.9. The Morgan fingerprint density at radius 1 is 1.24 bits per heavy atom. The monoisotopic (exact) mass is 262 g/mol. The number of ketones is 1. The highest BCUT2D eigenvalue weighted by Gasteiger charge is 2.38. The van der Waals surface area contributed by atoms with Gasteiger partial charge in [-0.3, -0.25) is 4.79 Å². The van der Waals surface area contributed by atoms with Gasteiger partial charge in [-0.05, 0) is 19.8 Å². The van der Waals surface area contributed by atoms with E-state index < -0.39 is 14.6 Å². The number of rotatable bonds is 8. The zero-order valence-electron chi connectivity index (χ0n) is 11.7. The fraction of sp³-hybridized carbons (Fsp3) is 0.923. The lowest BCUT2D eigenvalue weighted by atomic mass is 9.90. The van der Waals surface area contributed by atoms with Crippen LogP contribution in [0.2, 0.25) is 0 Å². The lowest BCUT2D eigenvalue weighted by molar-refractivity contribution is -0.121. The van der Waals surface area contributed by atoms with Crippen molar-refractivity contribution >= 4 is 15.6 Å². The van der Waals surface area contributed by atoms with Crippen molar-refractivity contribution in [2.24, 2.45) is 5.92 Å². The molecule has 0 N–H and O–H groups in total. The minimum absolute atomic E-state index is 0.150. The smallest absolute Gasteiger partial charge is 0.159 e. The van der Waals surface area contributed by atoms with Crippen molar-refractivity contribution in [1.82, 2.24) is 0 Å². The zero-order chi connectivity index (χ0) is 13.7. The van der Waals surface area contributed by atoms with Crippen molar-refractivity contribution in [3.05, 3.63) is 0 Å². The Morgan fingerprint density at radius 2 is 1.76 bits per heavy atom. The van der Waals surface area contributed by atoms with E-state index in [0.717, 1.165) is 31.9 Å². The molecule has 0 amide bonds. The Balaban J connectivity index is 4.62. The number of hydrogen-bond acceptors (Lipinski definition) is 3. The molecular weight excluding hydrogens is 236 g/mol. The molecule has 0 aromatic rings. The average molecular weight is 262 g/mol. The van der Waals surface area contributed by atoms with E-state index in [9.17, 15) is 13.2 Å². The minimum atomic E-state index is -3.33. The van der Waals surface area contributed by atoms with Crippen LogP contribution < -0.4 is 0 Å². The highest BCUT2D eigenvalue weighted by atomic mass is 32.2. The summed E-state index contributed by atoms with van der Waals surface area (Å²) in [4.78, 5) is 12.1. The van der Waals surface area contributed by atoms with E-state index in [0.29, 0.717) is 12.3 Å². The fourth-order valence-electron chi connectivity index (χ4n) is 1.66. The summed E-state index contributed by atoms with van der Waals surface area (Å²) in [5.74, 6) is 0.173. The van der Waals surface area contributed by atoms with E-state index in [1.54, 1.807) is 0 Å². The van der Waals surface area contributed by atoms with Crippen LogP contribution in [0.15, 0.2) is 0 Å². The summed E-state index contributed by atoms with van der Waals surface area (Å²) in [5, 5.41) is 0. The predicted octanol–water partition coefficient (Wildman–Crippen LogP) is 2.99. The van der Waals surface area contributed by atoms with Crippen molar-refractivity contribution in [3.63, 3.8) is 0 Å². The van der Waals surface area contributed by atoms with Gasteiger partial charge >= 0.3 is 0 Å². The lowest BCUT2D eigenvalue weighted by Gasteiger charge is -2.23. The molecule has 4 heteroatoms. The molecule has 3 nitrogen and oxygen atoms in total. The van der Waals surface area contributed by atoms with Crippen molar-refractivity contribution in [1.29, 1.82) is 0 Å². The third-order valence-electron chi connectivity index (χ3n) is 3.62. The first-order valence-corrected chi connectivity index (χ1v) is 8.28. The summed E-state index contributed by atoms with van der Waals surface area (Å²) in [7, 11) is -3.33. The molecule has 0 saturated heterocycles. The maximum Gasteiger partial charge on any atom is 0.159 e. The molecule has 0 aliphatic heterocycles. The highest BCUT2D eigenvalue weighted by molar-refractivity contribution is 7.92. The van der Waals surface area contributed by atoms with Gasteiger partial charge in [0.1, 0.15) is 4.75 Å². The number of carbonyl (C=O) groups excluding carboxylic acids is 1. The van der Waals surface area contributed by atoms with Gasteiger partial charge in [-0.1, -0.05) is 39.5 Å². The van der Waals surface area contributed by atoms with E-state index in [-0.39, 0.29) is 5.78 Å². The molecular formula is C13H26O3S. The van der Waals surface area contributed by atoms with Gasteiger partial charge in [0, 0.05) is 12.7 Å². The van der Waals surface area contributed by atoms with Crippen LogP contribution in [0.1, 0.15) is 59.8 Å². The molecule has 0 aliphatic carbocycles. The van der Waals surface area contributed by atoms with Crippen molar-refractivity contribution < 1.29 is 13.2 Å². The second kappa shape index (κ2) is 6.53. The van der Waals surface area contributed by atoms with Gasteiger partial charge in [0.2, 0.25) is 0 Å². The standard InChI is InChI=1S/C13H26O3S/c1-6-8-9-11(7-2)10-12(14)13(3,4)17(5,15)16/h11H,6-10H2,1-5H3. The van der Waals surface area contributed by atoms with Gasteiger partial charge in [0.25, 0.3) is 0 Å². The molecule has 0 rings (SSSR count). The fourth-order valence-corrected chi connectivity index (χ4v) is 2.15. The molecule has 0 aromatic carbocycles. The van der Waals surface area contributed by atoms with Crippen LogP contribution in [-0.4, -0.2) is 25.2 Å². The molecule has 0 heterocycles. The first kappa shape index (κ1) is 16.6. The molecule has 0 aliphatic rings. The van der Waals surface area contributed by atoms with E-state index in [2.05, 4.69) is 13.8 Å². The second-order valence-corrected chi connectivity index (χ2v) is 7.89. The van der Waals surface area contributed by atoms with E-state index in [4.69, 9.17) is 0 Å². The maximum absolute atomic E-state index is 12.1. The Labute approximate surface area is 106 Å². The summed E-state index contributed by atoms with van der Waals surface area (Å²) in [6.45, 7) is 7.20. The predicted molar refractivity (Wildman–Crippen MR) is 71.9 cm³/mol. The van der Waals surface area contributed by atoms with Crippen LogP contribution in [0.4, 0.5) is 0 Å². The third kappa shape index (κ3) is 4.78. The highest BCUT2D eigenvalue weighted by Crippen LogP contribution is 2.24. The van der Waals surface area contributed by atoms with Crippen molar-refractivity contribution in [3.8, 4) is 0 Å². The molecule has 0 spiro atoms. The van der Waals surface area contributed by atoms with Crippen molar-refractivity contribution in [2.45, 2.75) is 64.5 Å². The number of unbranched alkanes of at least 4 members (excludes halogenated alkanes) is 1. The number of sulfone groups is 1. The van der Waals surface area contributed by atoms with Crippen LogP contribution in [0.5, 0.6) is 0 Å². The van der Waals surface area contributed by atoms with Gasteiger partial charge in [0.15, 0.2) is 15.6 Å². The number of Topliss-reactive ketones (excluding diaryl/α,β-unsaturated/α-hetero) is 1. The van der Waals surface area contributed by atoms with Gasteiger partial charge in [-0.15, -0.1) is 0 Å². The Hall–Kier alpha value is -0.380. The molecule has 0 radical (unpaired) electrons. The van der Waals surface area contributed by atoms with E-state index in [1.165, 1.54) is 13.8 Å². The van der Waals surface area contributed by atoms with Gasteiger partial charge in [0.05, 0.1) is 0 Å². The quantitative estimate of drug-likeness (QED) is 0.675. The van der Waals surface area contributed by atoms with Gasteiger partial charge in [-0.25, -0.2) is 8.42 Å². The first-order chi connectivity index (χ1) is 7.66. The van der Waals surface area contributed by atoms with E-state index >= 15 is 0 Å². The Bertz CT molecular complexity index is 342. The van der Waals surface area contributed by atoms with Crippen molar-refractivity contribution in [2.75, 3.05) is 6.26 Å². The van der Waals surface area contributed by atoms with Gasteiger partial charge < -0.3 is 0 Å². The Morgan fingerprint density at radius 3 is 2.12 bits per heavy atom. The SMILES string of the molecule is CCCCC(CC)CC(=O)C(C)(C)S(C)(=O)=O. The third-order valence-corrected chi connectivity index (χ3v) is 5.70. The van der Waals surface area contributed by atoms with Gasteiger partial charge in [-0.2, -0.15) is 0 Å². The van der Waals surface area contributed by atoms with Crippen LogP contribution in [-0.2, 0) is 14.6 Å². The summed E-state index contributed by atoms with van der Waals surface area (Å²) in [6.07, 6.45) is 5.68. The number of carbonyl (C=O) groups is 1. The Kier molecular flexibility index (Phi) is 6.38. The lowest BCUT2D eigenvalue weighted by Crippen LogP contribution is -2.40. The summed E-state index contributed by atoms with van der Waals surface area (Å²) >= 11 is 0. The molecule has 0 fully saturated rings. The summed E-state index contributed by atoms with van der Waals surface area (Å²) in [6, 6.07) is 0. The largest absolute Gasteiger partial charge is 0.298 e. The molecule has 0 bridgehead atoms. The average Bonchev–Trinajstić information content (AvgIpc) is 2.22. The zero-order valence-corrected chi connectivity index (χ0v) is 12.6. The molecule has 0 aromatic heterocycles. The molecule has 102 valence electrons. The van der Waals surface area contributed by atoms with E-state index in [1.807, 2.05) is 0 Å². The van der Waals surface area contributed by atoms with Crippen LogP contribution in [0.3, 0.4) is 0 Å². The maximum atomic E-state index is 12.1. The normalized spacial score (nSPS) is 14.6. The molecule has 17 heavy (non-hydrogen) atoms. The molecule has 1 atom stereocenters. The van der Waals surface area contributed by atoms with Crippen LogP contribution in [0.25, 0.3) is 0 Å². The second-order valence-electron chi connectivity index (χ2n) is 5.33. The van der Waals surface area contributed by atoms with Crippen LogP contribution >= 0.6 is 0 Å². The molecule has 0 saturated carbocycles. The van der Waals surface area contributed by atoms with Crippen LogP contribution in [0, 0.1) is 5.92 Å². The first-order valence-electron chi connectivity index (χ1n) is 6.39.